The highest BCUT2D eigenvalue weighted by molar-refractivity contribution is 7.21. The second-order valence-electron chi connectivity index (χ2n) is 10.7. The molecule has 0 aliphatic heterocycles. The lowest BCUT2D eigenvalue weighted by molar-refractivity contribution is 1.07. The second-order valence-corrected chi connectivity index (χ2v) is 11.8. The number of fused-ring (bicyclic) bond motifs is 1. The molecule has 2 heterocycles. The molecule has 0 amide bonds. The van der Waals surface area contributed by atoms with E-state index in [2.05, 4.69) is 84.9 Å². The normalized spacial score (nSPS) is 11.1. The largest absolute Gasteiger partial charge is 0.236 e. The molecule has 45 heavy (non-hydrogen) atoms. The zero-order valence-corrected chi connectivity index (χ0v) is 25.0. The van der Waals surface area contributed by atoms with Crippen LogP contribution in [0.1, 0.15) is 0 Å². The van der Waals surface area contributed by atoms with E-state index in [1.54, 1.807) is 11.3 Å². The Hall–Kier alpha value is -5.78. The molecule has 0 fully saturated rings. The Morgan fingerprint density at radius 3 is 1.40 bits per heavy atom. The molecule has 0 saturated heterocycles. The SMILES string of the molecule is c1ccc(-c2nc(-c3ccccc3)nc(-c3ccc(-c4ccc5nc(-c6ccccc6)sc5c4)c(-c4ccccc4)c3)n2)cc1. The van der Waals surface area contributed by atoms with Crippen molar-refractivity contribution in [2.75, 3.05) is 0 Å². The van der Waals surface area contributed by atoms with Gasteiger partial charge < -0.3 is 0 Å². The van der Waals surface area contributed by atoms with Crippen LogP contribution in [0.3, 0.4) is 0 Å². The Balaban J connectivity index is 1.28. The van der Waals surface area contributed by atoms with Crippen LogP contribution in [0, 0.1) is 0 Å². The molecule has 5 heteroatoms. The maximum atomic E-state index is 4.98. The van der Waals surface area contributed by atoms with E-state index in [-0.39, 0.29) is 0 Å². The second kappa shape index (κ2) is 11.7. The third-order valence-electron chi connectivity index (χ3n) is 7.78. The van der Waals surface area contributed by atoms with E-state index >= 15 is 0 Å². The van der Waals surface area contributed by atoms with Crippen LogP contribution in [0.2, 0.25) is 0 Å². The quantitative estimate of drug-likeness (QED) is 0.192. The fourth-order valence-corrected chi connectivity index (χ4v) is 6.54. The van der Waals surface area contributed by atoms with Crippen LogP contribution in [-0.2, 0) is 0 Å². The zero-order valence-electron chi connectivity index (χ0n) is 24.2. The van der Waals surface area contributed by atoms with E-state index in [0.29, 0.717) is 17.5 Å². The summed E-state index contributed by atoms with van der Waals surface area (Å²) in [6.07, 6.45) is 0. The average Bonchev–Trinajstić information content (AvgIpc) is 3.56. The summed E-state index contributed by atoms with van der Waals surface area (Å²) in [5.74, 6) is 1.93. The number of hydrogen-bond donors (Lipinski definition) is 0. The first-order valence-electron chi connectivity index (χ1n) is 14.8. The molecule has 0 aliphatic rings. The number of nitrogens with zero attached hydrogens (tertiary/aromatic N) is 4. The summed E-state index contributed by atoms with van der Waals surface area (Å²) < 4.78 is 1.16. The van der Waals surface area contributed by atoms with Gasteiger partial charge in [0.25, 0.3) is 0 Å². The Kier molecular flexibility index (Phi) is 6.98. The lowest BCUT2D eigenvalue weighted by Crippen LogP contribution is -2.00. The minimum atomic E-state index is 0.636. The number of aromatic nitrogens is 4. The van der Waals surface area contributed by atoms with Gasteiger partial charge in [0, 0.05) is 22.3 Å². The highest BCUT2D eigenvalue weighted by Crippen LogP contribution is 2.39. The van der Waals surface area contributed by atoms with Gasteiger partial charge in [0.1, 0.15) is 5.01 Å². The van der Waals surface area contributed by atoms with E-state index in [4.69, 9.17) is 19.9 Å². The van der Waals surface area contributed by atoms with Gasteiger partial charge >= 0.3 is 0 Å². The summed E-state index contributed by atoms with van der Waals surface area (Å²) in [5, 5.41) is 1.03. The van der Waals surface area contributed by atoms with Gasteiger partial charge in [-0.2, -0.15) is 0 Å². The standard InChI is InChI=1S/C40H26N4S/c1-5-13-27(14-6-1)34-25-32(39-43-37(28-15-7-2-8-16-28)42-38(44-39)29-17-9-3-10-18-29)21-23-33(34)31-22-24-35-36(26-31)45-40(41-35)30-19-11-4-12-20-30/h1-26H. The van der Waals surface area contributed by atoms with Crippen molar-refractivity contribution >= 4 is 21.6 Å². The molecule has 0 radical (unpaired) electrons. The first kappa shape index (κ1) is 26.8. The van der Waals surface area contributed by atoms with Crippen molar-refractivity contribution in [3.05, 3.63) is 158 Å². The van der Waals surface area contributed by atoms with Crippen LogP contribution in [0.5, 0.6) is 0 Å². The molecule has 0 spiro atoms. The summed E-state index contributed by atoms with van der Waals surface area (Å²) >= 11 is 1.72. The molecule has 0 unspecified atom stereocenters. The number of thiazole rings is 1. The van der Waals surface area contributed by atoms with Gasteiger partial charge in [0.15, 0.2) is 17.5 Å². The van der Waals surface area contributed by atoms with Crippen LogP contribution in [0.15, 0.2) is 158 Å². The number of rotatable bonds is 6. The van der Waals surface area contributed by atoms with Crippen molar-refractivity contribution in [1.82, 2.24) is 19.9 Å². The van der Waals surface area contributed by atoms with Gasteiger partial charge in [0.2, 0.25) is 0 Å². The summed E-state index contributed by atoms with van der Waals surface area (Å²) in [4.78, 5) is 19.7. The molecule has 0 atom stereocenters. The molecule has 8 rings (SSSR count). The molecule has 2 aromatic heterocycles. The fraction of sp³-hybridized carbons (Fsp3) is 0. The number of hydrogen-bond acceptors (Lipinski definition) is 5. The summed E-state index contributed by atoms with van der Waals surface area (Å²) in [5.41, 5.74) is 9.50. The van der Waals surface area contributed by atoms with Crippen molar-refractivity contribution in [3.63, 3.8) is 0 Å². The van der Waals surface area contributed by atoms with Gasteiger partial charge in [-0.25, -0.2) is 19.9 Å². The van der Waals surface area contributed by atoms with Crippen molar-refractivity contribution in [2.45, 2.75) is 0 Å². The first-order chi connectivity index (χ1) is 22.3. The maximum Gasteiger partial charge on any atom is 0.164 e. The fourth-order valence-electron chi connectivity index (χ4n) is 5.53. The van der Waals surface area contributed by atoms with E-state index in [9.17, 15) is 0 Å². The lowest BCUT2D eigenvalue weighted by atomic mass is 9.92. The van der Waals surface area contributed by atoms with Gasteiger partial charge in [-0.3, -0.25) is 0 Å². The van der Waals surface area contributed by atoms with Crippen LogP contribution in [-0.4, -0.2) is 19.9 Å². The molecular formula is C40H26N4S. The predicted octanol–water partition coefficient (Wildman–Crippen LogP) is 10.5. The zero-order chi connectivity index (χ0) is 30.0. The van der Waals surface area contributed by atoms with Crippen LogP contribution < -0.4 is 0 Å². The van der Waals surface area contributed by atoms with Crippen LogP contribution >= 0.6 is 11.3 Å². The minimum absolute atomic E-state index is 0.636. The topological polar surface area (TPSA) is 51.6 Å². The van der Waals surface area contributed by atoms with Crippen molar-refractivity contribution in [3.8, 4) is 67.0 Å². The Bertz CT molecular complexity index is 2190. The average molecular weight is 595 g/mol. The predicted molar refractivity (Wildman–Crippen MR) is 186 cm³/mol. The third-order valence-corrected chi connectivity index (χ3v) is 8.85. The van der Waals surface area contributed by atoms with E-state index in [1.165, 1.54) is 0 Å². The summed E-state index contributed by atoms with van der Waals surface area (Å²) in [6, 6.07) is 54.1. The molecule has 212 valence electrons. The van der Waals surface area contributed by atoms with Crippen molar-refractivity contribution in [2.24, 2.45) is 0 Å². The highest BCUT2D eigenvalue weighted by Gasteiger charge is 2.16. The molecular weight excluding hydrogens is 569 g/mol. The molecule has 4 nitrogen and oxygen atoms in total. The molecule has 6 aromatic carbocycles. The smallest absolute Gasteiger partial charge is 0.164 e. The number of benzene rings is 6. The van der Waals surface area contributed by atoms with E-state index in [1.807, 2.05) is 72.8 Å². The highest BCUT2D eigenvalue weighted by atomic mass is 32.1. The first-order valence-corrected chi connectivity index (χ1v) is 15.6. The van der Waals surface area contributed by atoms with Gasteiger partial charge in [-0.1, -0.05) is 140 Å². The lowest BCUT2D eigenvalue weighted by Gasteiger charge is -2.14. The maximum absolute atomic E-state index is 4.98. The van der Waals surface area contributed by atoms with Gasteiger partial charge in [0.05, 0.1) is 10.2 Å². The monoisotopic (exact) mass is 594 g/mol. The van der Waals surface area contributed by atoms with Crippen LogP contribution in [0.25, 0.3) is 77.2 Å². The molecule has 8 aromatic rings. The van der Waals surface area contributed by atoms with E-state index in [0.717, 1.165) is 59.7 Å². The molecule has 0 saturated carbocycles. The Morgan fingerprint density at radius 2 is 0.822 bits per heavy atom. The molecule has 0 bridgehead atoms. The van der Waals surface area contributed by atoms with Crippen molar-refractivity contribution in [1.29, 1.82) is 0 Å². The summed E-state index contributed by atoms with van der Waals surface area (Å²) in [7, 11) is 0. The van der Waals surface area contributed by atoms with Gasteiger partial charge in [-0.05, 0) is 40.5 Å². The Morgan fingerprint density at radius 1 is 0.333 bits per heavy atom. The van der Waals surface area contributed by atoms with E-state index < -0.39 is 0 Å². The van der Waals surface area contributed by atoms with Crippen molar-refractivity contribution < 1.29 is 0 Å². The Labute approximate surface area is 265 Å². The third kappa shape index (κ3) is 5.42. The molecule has 0 N–H and O–H groups in total. The minimum Gasteiger partial charge on any atom is -0.236 e. The molecule has 0 aliphatic carbocycles. The summed E-state index contributed by atoms with van der Waals surface area (Å²) in [6.45, 7) is 0. The van der Waals surface area contributed by atoms with Crippen LogP contribution in [0.4, 0.5) is 0 Å². The van der Waals surface area contributed by atoms with Gasteiger partial charge in [-0.15, -0.1) is 11.3 Å².